The van der Waals surface area contributed by atoms with Gasteiger partial charge in [-0.05, 0) is 25.8 Å². The number of hydrogen-bond acceptors (Lipinski definition) is 4. The average Bonchev–Trinajstić information content (AvgIpc) is 2.74. The highest BCUT2D eigenvalue weighted by Gasteiger charge is 2.13. The van der Waals surface area contributed by atoms with Crippen molar-refractivity contribution in [2.75, 3.05) is 34.4 Å². The lowest BCUT2D eigenvalue weighted by Crippen LogP contribution is -2.38. The van der Waals surface area contributed by atoms with Crippen molar-refractivity contribution in [3.63, 3.8) is 0 Å². The van der Waals surface area contributed by atoms with E-state index in [2.05, 4.69) is 36.6 Å². The third kappa shape index (κ3) is 5.81. The van der Waals surface area contributed by atoms with Crippen molar-refractivity contribution in [1.29, 1.82) is 0 Å². The molecule has 0 aromatic heterocycles. The summed E-state index contributed by atoms with van der Waals surface area (Å²) in [6.07, 6.45) is 0.687. The van der Waals surface area contributed by atoms with Gasteiger partial charge >= 0.3 is 0 Å². The highest BCUT2D eigenvalue weighted by Crippen LogP contribution is 2.34. The zero-order chi connectivity index (χ0) is 20.4. The van der Waals surface area contributed by atoms with Crippen molar-refractivity contribution in [3.8, 4) is 17.2 Å². The van der Waals surface area contributed by atoms with Gasteiger partial charge < -0.3 is 24.8 Å². The topological polar surface area (TPSA) is 64.1 Å². The van der Waals surface area contributed by atoms with Crippen LogP contribution in [0.2, 0.25) is 0 Å². The van der Waals surface area contributed by atoms with Crippen molar-refractivity contribution in [2.45, 2.75) is 26.3 Å². The largest absolute Gasteiger partial charge is 0.496 e. The lowest BCUT2D eigenvalue weighted by atomic mass is 10.1. The third-order valence-electron chi connectivity index (χ3n) is 4.45. The summed E-state index contributed by atoms with van der Waals surface area (Å²) in [4.78, 5) is 4.72. The van der Waals surface area contributed by atoms with Crippen LogP contribution in [0, 0.1) is 0 Å². The normalized spacial score (nSPS) is 12.2. The summed E-state index contributed by atoms with van der Waals surface area (Å²) in [6.45, 7) is 5.57. The highest BCUT2D eigenvalue weighted by molar-refractivity contribution is 5.80. The molecule has 2 aromatic rings. The molecule has 28 heavy (non-hydrogen) atoms. The summed E-state index contributed by atoms with van der Waals surface area (Å²) in [5.41, 5.74) is 2.19. The van der Waals surface area contributed by atoms with E-state index < -0.39 is 0 Å². The Morgan fingerprint density at radius 2 is 1.64 bits per heavy atom. The van der Waals surface area contributed by atoms with Crippen LogP contribution in [-0.4, -0.2) is 40.4 Å². The Labute approximate surface area is 167 Å². The number of benzene rings is 2. The number of methoxy groups -OCH3 is 3. The van der Waals surface area contributed by atoms with E-state index in [9.17, 15) is 0 Å². The molecule has 6 heteroatoms. The predicted molar refractivity (Wildman–Crippen MR) is 114 cm³/mol. The van der Waals surface area contributed by atoms with Gasteiger partial charge in [0, 0.05) is 30.8 Å². The SMILES string of the molecule is CCNC(=NCCc1c(OC)cc(OC)cc1OC)NC(C)c1ccccc1. The minimum absolute atomic E-state index is 0.157. The maximum atomic E-state index is 5.52. The van der Waals surface area contributed by atoms with E-state index in [1.165, 1.54) is 5.56 Å². The maximum absolute atomic E-state index is 5.52. The van der Waals surface area contributed by atoms with E-state index in [1.54, 1.807) is 21.3 Å². The number of hydrogen-bond donors (Lipinski definition) is 2. The van der Waals surface area contributed by atoms with Gasteiger partial charge in [-0.3, -0.25) is 4.99 Å². The van der Waals surface area contributed by atoms with Crippen LogP contribution < -0.4 is 24.8 Å². The van der Waals surface area contributed by atoms with E-state index in [1.807, 2.05) is 30.3 Å². The Morgan fingerprint density at radius 1 is 1.00 bits per heavy atom. The Hall–Kier alpha value is -2.89. The summed E-state index contributed by atoms with van der Waals surface area (Å²) in [7, 11) is 4.92. The number of nitrogens with one attached hydrogen (secondary N) is 2. The molecule has 1 atom stereocenters. The van der Waals surface area contributed by atoms with E-state index >= 15 is 0 Å². The monoisotopic (exact) mass is 385 g/mol. The zero-order valence-corrected chi connectivity index (χ0v) is 17.4. The third-order valence-corrected chi connectivity index (χ3v) is 4.45. The van der Waals surface area contributed by atoms with Crippen molar-refractivity contribution in [3.05, 3.63) is 53.6 Å². The molecule has 2 rings (SSSR count). The number of ether oxygens (including phenoxy) is 3. The fourth-order valence-electron chi connectivity index (χ4n) is 2.95. The van der Waals surface area contributed by atoms with Crippen LogP contribution in [0.5, 0.6) is 17.2 Å². The number of guanidine groups is 1. The highest BCUT2D eigenvalue weighted by atomic mass is 16.5. The number of aliphatic imine (C=N–C) groups is 1. The predicted octanol–water partition coefficient (Wildman–Crippen LogP) is 3.57. The van der Waals surface area contributed by atoms with Crippen molar-refractivity contribution < 1.29 is 14.2 Å². The van der Waals surface area contributed by atoms with Crippen LogP contribution >= 0.6 is 0 Å². The Bertz CT molecular complexity index is 738. The summed E-state index contributed by atoms with van der Waals surface area (Å²) >= 11 is 0. The van der Waals surface area contributed by atoms with Gasteiger partial charge in [-0.2, -0.15) is 0 Å². The lowest BCUT2D eigenvalue weighted by Gasteiger charge is -2.18. The second-order valence-electron chi connectivity index (χ2n) is 6.30. The van der Waals surface area contributed by atoms with Crippen LogP contribution in [-0.2, 0) is 6.42 Å². The summed E-state index contributed by atoms with van der Waals surface area (Å²) < 4.78 is 16.3. The second kappa shape index (κ2) is 11.1. The first-order valence-electron chi connectivity index (χ1n) is 9.51. The van der Waals surface area contributed by atoms with Gasteiger partial charge in [0.2, 0.25) is 0 Å². The van der Waals surface area contributed by atoms with Gasteiger partial charge in [0.1, 0.15) is 17.2 Å². The van der Waals surface area contributed by atoms with Crippen molar-refractivity contribution >= 4 is 5.96 Å². The maximum Gasteiger partial charge on any atom is 0.191 e. The fraction of sp³-hybridized carbons (Fsp3) is 0.409. The molecule has 6 nitrogen and oxygen atoms in total. The fourth-order valence-corrected chi connectivity index (χ4v) is 2.95. The first-order valence-corrected chi connectivity index (χ1v) is 9.51. The van der Waals surface area contributed by atoms with Gasteiger partial charge in [-0.15, -0.1) is 0 Å². The molecule has 0 saturated carbocycles. The van der Waals surface area contributed by atoms with Crippen molar-refractivity contribution in [1.82, 2.24) is 10.6 Å². The van der Waals surface area contributed by atoms with Gasteiger partial charge in [0.25, 0.3) is 0 Å². The Morgan fingerprint density at radius 3 is 2.18 bits per heavy atom. The van der Waals surface area contributed by atoms with E-state index in [4.69, 9.17) is 19.2 Å². The molecule has 0 saturated heterocycles. The first-order chi connectivity index (χ1) is 13.6. The minimum atomic E-state index is 0.157. The summed E-state index contributed by atoms with van der Waals surface area (Å²) in [6, 6.07) is 14.2. The quantitative estimate of drug-likeness (QED) is 0.510. The second-order valence-corrected chi connectivity index (χ2v) is 6.30. The Balaban J connectivity index is 2.11. The number of rotatable bonds is 9. The lowest BCUT2D eigenvalue weighted by molar-refractivity contribution is 0.369. The molecule has 0 spiro atoms. The summed E-state index contributed by atoms with van der Waals surface area (Å²) in [5.74, 6) is 2.96. The smallest absolute Gasteiger partial charge is 0.191 e. The Kier molecular flexibility index (Phi) is 8.46. The molecule has 0 fully saturated rings. The van der Waals surface area contributed by atoms with E-state index in [0.29, 0.717) is 18.7 Å². The van der Waals surface area contributed by atoms with E-state index in [-0.39, 0.29) is 6.04 Å². The molecule has 0 radical (unpaired) electrons. The van der Waals surface area contributed by atoms with Crippen LogP contribution in [0.25, 0.3) is 0 Å². The molecule has 0 amide bonds. The molecule has 2 N–H and O–H groups in total. The standard InChI is InChI=1S/C22H31N3O3/c1-6-23-22(25-16(2)17-10-8-7-9-11-17)24-13-12-19-20(27-4)14-18(26-3)15-21(19)28-5/h7-11,14-16H,6,12-13H2,1-5H3,(H2,23,24,25). The molecule has 0 heterocycles. The molecule has 0 aliphatic rings. The van der Waals surface area contributed by atoms with Gasteiger partial charge in [-0.25, -0.2) is 0 Å². The molecule has 0 aliphatic heterocycles. The minimum Gasteiger partial charge on any atom is -0.496 e. The van der Waals surface area contributed by atoms with Crippen LogP contribution in [0.1, 0.15) is 31.0 Å². The molecule has 152 valence electrons. The molecule has 2 aromatic carbocycles. The van der Waals surface area contributed by atoms with E-state index in [0.717, 1.165) is 29.6 Å². The molecule has 0 aliphatic carbocycles. The van der Waals surface area contributed by atoms with Crippen LogP contribution in [0.4, 0.5) is 0 Å². The van der Waals surface area contributed by atoms with Crippen molar-refractivity contribution in [2.24, 2.45) is 4.99 Å². The average molecular weight is 386 g/mol. The molecule has 1 unspecified atom stereocenters. The van der Waals surface area contributed by atoms with Gasteiger partial charge in [-0.1, -0.05) is 30.3 Å². The van der Waals surface area contributed by atoms with Gasteiger partial charge in [0.15, 0.2) is 5.96 Å². The molecular formula is C22H31N3O3. The molecule has 0 bridgehead atoms. The molecular weight excluding hydrogens is 354 g/mol. The zero-order valence-electron chi connectivity index (χ0n) is 17.4. The first kappa shape index (κ1) is 21.4. The number of nitrogens with zero attached hydrogens (tertiary/aromatic N) is 1. The summed E-state index contributed by atoms with van der Waals surface area (Å²) in [5, 5.41) is 6.75. The van der Waals surface area contributed by atoms with Crippen LogP contribution in [0.3, 0.4) is 0 Å². The van der Waals surface area contributed by atoms with Gasteiger partial charge in [0.05, 0.1) is 27.4 Å². The van der Waals surface area contributed by atoms with Crippen LogP contribution in [0.15, 0.2) is 47.5 Å².